The van der Waals surface area contributed by atoms with E-state index in [0.717, 1.165) is 38.5 Å². The average Bonchev–Trinajstić information content (AvgIpc) is 3.28. The number of hydrogen-bond acceptors (Lipinski definition) is 6. The minimum Gasteiger partial charge on any atom is -0.390 e. The van der Waals surface area contributed by atoms with Crippen molar-refractivity contribution >= 4 is 5.78 Å². The van der Waals surface area contributed by atoms with Gasteiger partial charge in [0.05, 0.1) is 22.9 Å². The first-order chi connectivity index (χ1) is 16.5. The lowest BCUT2D eigenvalue weighted by Crippen LogP contribution is -2.61. The number of ether oxygens (including phenoxy) is 1. The van der Waals surface area contributed by atoms with Gasteiger partial charge in [0.2, 0.25) is 0 Å². The van der Waals surface area contributed by atoms with Gasteiger partial charge in [-0.3, -0.25) is 4.79 Å². The predicted octanol–water partition coefficient (Wildman–Crippen LogP) is 4.01. The highest BCUT2D eigenvalue weighted by molar-refractivity contribution is 5.89. The molecule has 0 spiro atoms. The first-order valence-electron chi connectivity index (χ1n) is 14.5. The fourth-order valence-electron chi connectivity index (χ4n) is 10.7. The highest BCUT2D eigenvalue weighted by Gasteiger charge is 2.70. The maximum absolute atomic E-state index is 13.2. The van der Waals surface area contributed by atoms with E-state index in [1.165, 1.54) is 0 Å². The van der Waals surface area contributed by atoms with Crippen molar-refractivity contribution < 1.29 is 30.0 Å². The summed E-state index contributed by atoms with van der Waals surface area (Å²) in [6, 6.07) is 0. The molecule has 5 fully saturated rings. The Hall–Kier alpha value is -0.530. The van der Waals surface area contributed by atoms with Crippen molar-refractivity contribution in [3.8, 4) is 0 Å². The number of rotatable bonds is 2. The zero-order chi connectivity index (χ0) is 26.7. The first kappa shape index (κ1) is 27.1. The molecule has 4 aliphatic carbocycles. The zero-order valence-electron chi connectivity index (χ0n) is 23.5. The van der Waals surface area contributed by atoms with Crippen molar-refractivity contribution in [1.82, 2.24) is 0 Å². The van der Waals surface area contributed by atoms with E-state index in [-0.39, 0.29) is 40.6 Å². The van der Waals surface area contributed by atoms with Crippen LogP contribution in [0.4, 0.5) is 0 Å². The van der Waals surface area contributed by atoms with Crippen LogP contribution in [0.25, 0.3) is 0 Å². The predicted molar refractivity (Wildman–Crippen MR) is 137 cm³/mol. The molecular weight excluding hydrogens is 456 g/mol. The SMILES string of the molecule is CC(C)C1(O)CCC2(C)CC(O)(C3CCC4C3(C)CCC3OC(C)(C)C(O)C(=O)C(O)C34C)CCC21. The van der Waals surface area contributed by atoms with E-state index in [2.05, 4.69) is 27.7 Å². The molecule has 5 aliphatic rings. The molecule has 6 heteroatoms. The summed E-state index contributed by atoms with van der Waals surface area (Å²) >= 11 is 0. The third-order valence-electron chi connectivity index (χ3n) is 12.7. The van der Waals surface area contributed by atoms with Crippen LogP contribution >= 0.6 is 0 Å². The number of Topliss-reactive ketones (excluding diaryl/α,β-unsaturated/α-hetero) is 1. The Labute approximate surface area is 217 Å². The normalized spacial score (nSPS) is 56.7. The number of carbonyl (C=O) groups excluding carboxylic acids is 1. The highest BCUT2D eigenvalue weighted by atomic mass is 16.5. The molecule has 0 aromatic heterocycles. The van der Waals surface area contributed by atoms with Crippen LogP contribution in [0, 0.1) is 39.9 Å². The van der Waals surface area contributed by atoms with E-state index in [9.17, 15) is 25.2 Å². The van der Waals surface area contributed by atoms with Gasteiger partial charge in [-0.15, -0.1) is 0 Å². The van der Waals surface area contributed by atoms with E-state index < -0.39 is 40.2 Å². The standard InChI is InChI=1S/C30H50O6/c1-17(2)30(35)15-14-26(5)16-29(34,13-10-18(26)30)20-9-8-19-27(20,6)12-11-21-28(19,7)24(33)22(31)23(32)25(3,4)36-21/h17-21,23-24,32-35H,8-16H2,1-7H3. The fraction of sp³-hybridized carbons (Fsp3) is 0.967. The minimum absolute atomic E-state index is 0.0135. The van der Waals surface area contributed by atoms with Gasteiger partial charge >= 0.3 is 0 Å². The summed E-state index contributed by atoms with van der Waals surface area (Å²) in [6.45, 7) is 14.2. The lowest BCUT2D eigenvalue weighted by Gasteiger charge is -2.59. The van der Waals surface area contributed by atoms with Crippen LogP contribution in [-0.4, -0.2) is 61.3 Å². The van der Waals surface area contributed by atoms with E-state index >= 15 is 0 Å². The lowest BCUT2D eigenvalue weighted by molar-refractivity contribution is -0.218. The summed E-state index contributed by atoms with van der Waals surface area (Å²) in [6.07, 6.45) is 4.27. The average molecular weight is 507 g/mol. The number of hydrogen-bond donors (Lipinski definition) is 4. The van der Waals surface area contributed by atoms with Crippen molar-refractivity contribution in [2.24, 2.45) is 39.9 Å². The number of aliphatic hydroxyl groups excluding tert-OH is 2. The van der Waals surface area contributed by atoms with Crippen molar-refractivity contribution in [1.29, 1.82) is 0 Å². The molecule has 1 aliphatic heterocycles. The number of carbonyl (C=O) groups is 1. The van der Waals surface area contributed by atoms with Crippen LogP contribution in [0.3, 0.4) is 0 Å². The Morgan fingerprint density at radius 2 is 1.44 bits per heavy atom. The molecule has 0 aromatic carbocycles. The van der Waals surface area contributed by atoms with E-state index in [4.69, 9.17) is 4.74 Å². The Kier molecular flexibility index (Phi) is 6.01. The van der Waals surface area contributed by atoms with E-state index in [1.54, 1.807) is 13.8 Å². The number of fused-ring (bicyclic) bond motifs is 4. The second-order valence-corrected chi connectivity index (χ2v) is 15.2. The Morgan fingerprint density at radius 3 is 2.08 bits per heavy atom. The van der Waals surface area contributed by atoms with Crippen molar-refractivity contribution in [2.45, 2.75) is 141 Å². The molecule has 11 unspecified atom stereocenters. The highest BCUT2D eigenvalue weighted by Crippen LogP contribution is 2.70. The Morgan fingerprint density at radius 1 is 0.806 bits per heavy atom. The van der Waals surface area contributed by atoms with Gasteiger partial charge in [0, 0.05) is 5.41 Å². The molecule has 1 saturated heterocycles. The second-order valence-electron chi connectivity index (χ2n) is 15.2. The topological polar surface area (TPSA) is 107 Å². The second kappa shape index (κ2) is 8.00. The van der Waals surface area contributed by atoms with Crippen LogP contribution in [0.2, 0.25) is 0 Å². The largest absolute Gasteiger partial charge is 0.390 e. The van der Waals surface area contributed by atoms with Crippen LogP contribution in [0.1, 0.15) is 106 Å². The molecular formula is C30H50O6. The van der Waals surface area contributed by atoms with Crippen LogP contribution in [0.5, 0.6) is 0 Å². The quantitative estimate of drug-likeness (QED) is 0.451. The summed E-state index contributed by atoms with van der Waals surface area (Å²) in [5.74, 6) is -0.0420. The third-order valence-corrected chi connectivity index (χ3v) is 12.7. The molecule has 0 bridgehead atoms. The summed E-state index contributed by atoms with van der Waals surface area (Å²) in [7, 11) is 0. The van der Waals surface area contributed by atoms with Gasteiger partial charge < -0.3 is 25.2 Å². The smallest absolute Gasteiger partial charge is 0.193 e. The van der Waals surface area contributed by atoms with Crippen LogP contribution in [0.15, 0.2) is 0 Å². The molecule has 4 N–H and O–H groups in total. The van der Waals surface area contributed by atoms with Gasteiger partial charge in [-0.1, -0.05) is 34.6 Å². The molecule has 6 nitrogen and oxygen atoms in total. The van der Waals surface area contributed by atoms with Gasteiger partial charge in [-0.2, -0.15) is 0 Å². The molecule has 5 rings (SSSR count). The van der Waals surface area contributed by atoms with Gasteiger partial charge in [0.25, 0.3) is 0 Å². The lowest BCUT2D eigenvalue weighted by atomic mass is 9.48. The van der Waals surface area contributed by atoms with Crippen molar-refractivity contribution in [3.63, 3.8) is 0 Å². The third kappa shape index (κ3) is 3.36. The molecule has 4 saturated carbocycles. The summed E-state index contributed by atoms with van der Waals surface area (Å²) < 4.78 is 6.41. The van der Waals surface area contributed by atoms with Crippen LogP contribution in [-0.2, 0) is 9.53 Å². The Balaban J connectivity index is 1.46. The maximum Gasteiger partial charge on any atom is 0.193 e. The van der Waals surface area contributed by atoms with E-state index in [0.29, 0.717) is 19.3 Å². The molecule has 36 heavy (non-hydrogen) atoms. The molecule has 11 atom stereocenters. The molecule has 0 radical (unpaired) electrons. The monoisotopic (exact) mass is 506 g/mol. The molecule has 206 valence electrons. The number of aliphatic hydroxyl groups is 4. The minimum atomic E-state index is -1.36. The molecule has 0 aromatic rings. The van der Waals surface area contributed by atoms with Gasteiger partial charge in [0.1, 0.15) is 12.2 Å². The number of ketones is 1. The molecule has 1 heterocycles. The fourth-order valence-corrected chi connectivity index (χ4v) is 10.7. The van der Waals surface area contributed by atoms with Gasteiger partial charge in [0.15, 0.2) is 5.78 Å². The van der Waals surface area contributed by atoms with Crippen molar-refractivity contribution in [2.75, 3.05) is 0 Å². The maximum atomic E-state index is 13.2. The van der Waals surface area contributed by atoms with Crippen molar-refractivity contribution in [3.05, 3.63) is 0 Å². The van der Waals surface area contributed by atoms with Crippen LogP contribution < -0.4 is 0 Å². The summed E-state index contributed by atoms with van der Waals surface area (Å²) in [5, 5.41) is 46.1. The summed E-state index contributed by atoms with van der Waals surface area (Å²) in [5.41, 5.74) is -3.65. The molecule has 0 amide bonds. The van der Waals surface area contributed by atoms with Gasteiger partial charge in [-0.25, -0.2) is 0 Å². The first-order valence-corrected chi connectivity index (χ1v) is 14.5. The zero-order valence-corrected chi connectivity index (χ0v) is 23.5. The Bertz CT molecular complexity index is 917. The van der Waals surface area contributed by atoms with Gasteiger partial charge in [-0.05, 0) is 106 Å². The summed E-state index contributed by atoms with van der Waals surface area (Å²) in [4.78, 5) is 13.2. The van der Waals surface area contributed by atoms with E-state index in [1.807, 2.05) is 6.92 Å².